The predicted octanol–water partition coefficient (Wildman–Crippen LogP) is 2.08. The number of hydrogen-bond acceptors (Lipinski definition) is 6. The smallest absolute Gasteiger partial charge is 0.208 e. The first-order valence-electron chi connectivity index (χ1n) is 7.45. The summed E-state index contributed by atoms with van der Waals surface area (Å²) in [5, 5.41) is 3.33. The second kappa shape index (κ2) is 14.1. The van der Waals surface area contributed by atoms with E-state index in [9.17, 15) is 8.42 Å². The summed E-state index contributed by atoms with van der Waals surface area (Å²) in [6, 6.07) is 0.578. The summed E-state index contributed by atoms with van der Waals surface area (Å²) in [5.41, 5.74) is 7.05. The lowest BCUT2D eigenvalue weighted by atomic mass is 9.96. The normalized spacial score (nSPS) is 19.2. The van der Waals surface area contributed by atoms with Crippen molar-refractivity contribution in [2.75, 3.05) is 19.3 Å². The quantitative estimate of drug-likeness (QED) is 0.741. The number of nitrogens with one attached hydrogen (secondary N) is 2. The highest BCUT2D eigenvalue weighted by Gasteiger charge is 2.18. The van der Waals surface area contributed by atoms with E-state index >= 15 is 0 Å². The van der Waals surface area contributed by atoms with Crippen molar-refractivity contribution in [2.45, 2.75) is 61.6 Å². The number of sulfonamides is 1. The van der Waals surface area contributed by atoms with Crippen molar-refractivity contribution in [3.05, 3.63) is 23.8 Å². The molecule has 1 fully saturated rings. The molecular weight excluding hydrogens is 338 g/mol. The van der Waals surface area contributed by atoms with Crippen LogP contribution in [0.15, 0.2) is 12.4 Å². The van der Waals surface area contributed by atoms with Gasteiger partial charge in [0, 0.05) is 31.5 Å². The Labute approximate surface area is 155 Å². The van der Waals surface area contributed by atoms with Gasteiger partial charge >= 0.3 is 0 Å². The Bertz CT molecular complexity index is 526. The zero-order chi connectivity index (χ0) is 16.6. The zero-order valence-electron chi connectivity index (χ0n) is 13.5. The molecule has 2 rings (SSSR count). The van der Waals surface area contributed by atoms with Gasteiger partial charge in [-0.05, 0) is 39.2 Å². The number of piperidine rings is 1. The molecule has 0 aliphatic carbocycles. The highest BCUT2D eigenvalue weighted by atomic mass is 32.2. The first-order valence-corrected chi connectivity index (χ1v) is 9.35. The highest BCUT2D eigenvalue weighted by Crippen LogP contribution is 2.12. The van der Waals surface area contributed by atoms with Crippen LogP contribution in [0.1, 0.15) is 53.4 Å². The molecule has 1 saturated heterocycles. The summed E-state index contributed by atoms with van der Waals surface area (Å²) in [6.07, 6.45) is 6.84. The summed E-state index contributed by atoms with van der Waals surface area (Å²) >= 11 is 0. The molecule has 0 aromatic carbocycles. The van der Waals surface area contributed by atoms with E-state index in [0.717, 1.165) is 30.8 Å². The van der Waals surface area contributed by atoms with Crippen LogP contribution in [0.5, 0.6) is 0 Å². The molecule has 150 valence electrons. The minimum absolute atomic E-state index is 0. The van der Waals surface area contributed by atoms with Gasteiger partial charge in [-0.2, -0.15) is 0 Å². The lowest BCUT2D eigenvalue weighted by Gasteiger charge is -2.27. The molecule has 1 aliphatic rings. The molecule has 0 radical (unpaired) electrons. The molecule has 2 heterocycles. The molecule has 0 spiro atoms. The third-order valence-electron chi connectivity index (χ3n) is 3.44. The number of nitrogens with two attached hydrogens (primary N) is 1. The van der Waals surface area contributed by atoms with Crippen LogP contribution in [0.25, 0.3) is 0 Å². The molecule has 4 N–H and O–H groups in total. The SMILES string of the molecule is C.C.C.CC1CCC(CNS(C)(=O)=O)CN1.Cc1cnc(CN)cn1. The predicted molar refractivity (Wildman–Crippen MR) is 108 cm³/mol. The van der Waals surface area contributed by atoms with E-state index in [4.69, 9.17) is 5.73 Å². The van der Waals surface area contributed by atoms with Crippen LogP contribution in [0, 0.1) is 12.8 Å². The maximum Gasteiger partial charge on any atom is 0.208 e. The monoisotopic (exact) mass is 377 g/mol. The summed E-state index contributed by atoms with van der Waals surface area (Å²) in [4.78, 5) is 8.02. The molecule has 7 nitrogen and oxygen atoms in total. The maximum absolute atomic E-state index is 10.8. The van der Waals surface area contributed by atoms with E-state index < -0.39 is 10.0 Å². The fourth-order valence-electron chi connectivity index (χ4n) is 2.03. The molecule has 1 aromatic rings. The average molecular weight is 378 g/mol. The largest absolute Gasteiger partial charge is 0.325 e. The lowest BCUT2D eigenvalue weighted by Crippen LogP contribution is -2.41. The van der Waals surface area contributed by atoms with E-state index in [0.29, 0.717) is 25.0 Å². The molecule has 0 bridgehead atoms. The Kier molecular flexibility index (Phi) is 16.2. The zero-order valence-corrected chi connectivity index (χ0v) is 14.4. The lowest BCUT2D eigenvalue weighted by molar-refractivity contribution is 0.323. The summed E-state index contributed by atoms with van der Waals surface area (Å²) in [5.74, 6) is 0.450. The van der Waals surface area contributed by atoms with Gasteiger partial charge < -0.3 is 11.1 Å². The standard InChI is InChI=1S/C8H18N2O2S.C6H9N3.3CH4/c1-7-3-4-8(5-9-7)6-10-13(2,11)12;1-5-3-9-6(2-7)4-8-5;;;/h7-10H,3-6H2,1-2H3;3-4H,2,7H2,1H3;3*1H4. The number of nitrogens with zero attached hydrogens (tertiary/aromatic N) is 2. The molecule has 2 unspecified atom stereocenters. The van der Waals surface area contributed by atoms with E-state index in [1.807, 2.05) is 6.92 Å². The van der Waals surface area contributed by atoms with Crippen LogP contribution >= 0.6 is 0 Å². The molecule has 25 heavy (non-hydrogen) atoms. The molecule has 1 aliphatic heterocycles. The van der Waals surface area contributed by atoms with Crippen LogP contribution in [0.4, 0.5) is 0 Å². The van der Waals surface area contributed by atoms with Gasteiger partial charge in [0.1, 0.15) is 0 Å². The fourth-order valence-corrected chi connectivity index (χ4v) is 2.56. The third-order valence-corrected chi connectivity index (χ3v) is 4.13. The van der Waals surface area contributed by atoms with Gasteiger partial charge in [-0.25, -0.2) is 13.1 Å². The van der Waals surface area contributed by atoms with Crippen molar-refractivity contribution in [3.63, 3.8) is 0 Å². The van der Waals surface area contributed by atoms with E-state index in [-0.39, 0.29) is 22.3 Å². The average Bonchev–Trinajstić information content (AvgIpc) is 2.47. The third kappa shape index (κ3) is 13.8. The van der Waals surface area contributed by atoms with Crippen molar-refractivity contribution in [1.82, 2.24) is 20.0 Å². The fraction of sp³-hybridized carbons (Fsp3) is 0.765. The second-order valence-electron chi connectivity index (χ2n) is 5.73. The van der Waals surface area contributed by atoms with E-state index in [2.05, 4.69) is 26.9 Å². The Hall–Kier alpha value is -1.09. The highest BCUT2D eigenvalue weighted by molar-refractivity contribution is 7.88. The Morgan fingerprint density at radius 2 is 1.88 bits per heavy atom. The van der Waals surface area contributed by atoms with Crippen molar-refractivity contribution in [3.8, 4) is 0 Å². The molecule has 2 atom stereocenters. The number of aromatic nitrogens is 2. The van der Waals surface area contributed by atoms with Gasteiger partial charge in [0.25, 0.3) is 0 Å². The van der Waals surface area contributed by atoms with Crippen molar-refractivity contribution >= 4 is 10.0 Å². The Balaban J connectivity index is -0.000000362. The van der Waals surface area contributed by atoms with Crippen molar-refractivity contribution in [1.29, 1.82) is 0 Å². The minimum atomic E-state index is -3.01. The summed E-state index contributed by atoms with van der Waals surface area (Å²) in [7, 11) is -3.01. The molecule has 1 aromatic heterocycles. The Morgan fingerprint density at radius 1 is 1.24 bits per heavy atom. The number of rotatable bonds is 4. The van der Waals surface area contributed by atoms with Gasteiger partial charge in [-0.1, -0.05) is 22.3 Å². The van der Waals surface area contributed by atoms with Gasteiger partial charge in [0.15, 0.2) is 0 Å². The molecule has 8 heteroatoms. The van der Waals surface area contributed by atoms with Crippen molar-refractivity contribution in [2.24, 2.45) is 11.7 Å². The van der Waals surface area contributed by atoms with Crippen LogP contribution < -0.4 is 15.8 Å². The topological polar surface area (TPSA) is 110 Å². The van der Waals surface area contributed by atoms with Gasteiger partial charge in [0.05, 0.1) is 17.6 Å². The number of aryl methyl sites for hydroxylation is 1. The number of hydrogen-bond donors (Lipinski definition) is 3. The van der Waals surface area contributed by atoms with Crippen LogP contribution in [0.2, 0.25) is 0 Å². The maximum atomic E-state index is 10.8. The van der Waals surface area contributed by atoms with Gasteiger partial charge in [-0.15, -0.1) is 0 Å². The minimum Gasteiger partial charge on any atom is -0.325 e. The second-order valence-corrected chi connectivity index (χ2v) is 7.56. The molecule has 0 saturated carbocycles. The first kappa shape index (κ1) is 28.7. The first-order chi connectivity index (χ1) is 10.3. The molecule has 0 amide bonds. The summed E-state index contributed by atoms with van der Waals surface area (Å²) < 4.78 is 24.2. The Morgan fingerprint density at radius 3 is 2.28 bits per heavy atom. The summed E-state index contributed by atoms with van der Waals surface area (Å²) in [6.45, 7) is 6.00. The molecular formula is C17H39N5O2S. The van der Waals surface area contributed by atoms with Crippen LogP contribution in [0.3, 0.4) is 0 Å². The van der Waals surface area contributed by atoms with E-state index in [1.54, 1.807) is 12.4 Å². The van der Waals surface area contributed by atoms with E-state index in [1.165, 1.54) is 6.26 Å². The van der Waals surface area contributed by atoms with Gasteiger partial charge in [-0.3, -0.25) is 9.97 Å². The van der Waals surface area contributed by atoms with Gasteiger partial charge in [0.2, 0.25) is 10.0 Å². The van der Waals surface area contributed by atoms with Crippen molar-refractivity contribution < 1.29 is 8.42 Å². The van der Waals surface area contributed by atoms with Crippen LogP contribution in [-0.2, 0) is 16.6 Å². The van der Waals surface area contributed by atoms with Crippen LogP contribution in [-0.4, -0.2) is 43.8 Å².